The Labute approximate surface area is 95.3 Å². The first-order chi connectivity index (χ1) is 7.57. The highest BCUT2D eigenvalue weighted by Gasteiger charge is 2.44. The van der Waals surface area contributed by atoms with Crippen LogP contribution in [0.1, 0.15) is 37.6 Å². The summed E-state index contributed by atoms with van der Waals surface area (Å²) in [6.07, 6.45) is 3.26. The van der Waals surface area contributed by atoms with Gasteiger partial charge in [0.2, 0.25) is 0 Å². The summed E-state index contributed by atoms with van der Waals surface area (Å²) < 4.78 is 1.92. The maximum atomic E-state index is 11.3. The first-order valence-corrected chi connectivity index (χ1v) is 5.84. The molecule has 0 aliphatic heterocycles. The van der Waals surface area contributed by atoms with Gasteiger partial charge in [-0.3, -0.25) is 9.48 Å². The van der Waals surface area contributed by atoms with Crippen molar-refractivity contribution in [3.63, 3.8) is 0 Å². The van der Waals surface area contributed by atoms with Crippen molar-refractivity contribution in [2.75, 3.05) is 0 Å². The van der Waals surface area contributed by atoms with Crippen molar-refractivity contribution in [3.8, 4) is 0 Å². The van der Waals surface area contributed by atoms with Gasteiger partial charge in [-0.1, -0.05) is 6.42 Å². The number of aromatic nitrogens is 2. The summed E-state index contributed by atoms with van der Waals surface area (Å²) in [4.78, 5) is 11.3. The van der Waals surface area contributed by atoms with Crippen molar-refractivity contribution in [1.29, 1.82) is 0 Å². The molecule has 0 atom stereocenters. The predicted molar refractivity (Wildman–Crippen MR) is 60.3 cm³/mol. The maximum absolute atomic E-state index is 11.3. The van der Waals surface area contributed by atoms with Gasteiger partial charge >= 0.3 is 5.97 Å². The fourth-order valence-electron chi connectivity index (χ4n) is 2.43. The molecule has 1 aromatic rings. The molecule has 2 rings (SSSR count). The van der Waals surface area contributed by atoms with Gasteiger partial charge in [-0.25, -0.2) is 0 Å². The SMILES string of the molecule is CCn1nc(C)cc1CC1(C(=O)O)CCC1. The third-order valence-electron chi connectivity index (χ3n) is 3.57. The van der Waals surface area contributed by atoms with Crippen molar-refractivity contribution in [3.05, 3.63) is 17.5 Å². The lowest BCUT2D eigenvalue weighted by atomic mass is 9.66. The molecule has 1 saturated carbocycles. The van der Waals surface area contributed by atoms with Crippen molar-refractivity contribution in [2.45, 2.75) is 46.1 Å². The third kappa shape index (κ3) is 1.72. The van der Waals surface area contributed by atoms with E-state index >= 15 is 0 Å². The second-order valence-electron chi connectivity index (χ2n) is 4.71. The number of nitrogens with zero attached hydrogens (tertiary/aromatic N) is 2. The Morgan fingerprint density at radius 3 is 2.75 bits per heavy atom. The number of carboxylic acid groups (broad SMARTS) is 1. The fourth-order valence-corrected chi connectivity index (χ4v) is 2.43. The Hall–Kier alpha value is -1.32. The number of aliphatic carboxylic acids is 1. The monoisotopic (exact) mass is 222 g/mol. The first-order valence-electron chi connectivity index (χ1n) is 5.84. The topological polar surface area (TPSA) is 55.1 Å². The quantitative estimate of drug-likeness (QED) is 0.847. The molecule has 0 amide bonds. The molecule has 0 aromatic carbocycles. The van der Waals surface area contributed by atoms with E-state index in [2.05, 4.69) is 5.10 Å². The molecule has 1 N–H and O–H groups in total. The van der Waals surface area contributed by atoms with Crippen LogP contribution >= 0.6 is 0 Å². The molecule has 4 heteroatoms. The van der Waals surface area contributed by atoms with Gasteiger partial charge in [-0.15, -0.1) is 0 Å². The molecular weight excluding hydrogens is 204 g/mol. The molecule has 16 heavy (non-hydrogen) atoms. The molecule has 0 bridgehead atoms. The Morgan fingerprint density at radius 2 is 2.31 bits per heavy atom. The molecule has 0 radical (unpaired) electrons. The Bertz CT molecular complexity index is 405. The summed E-state index contributed by atoms with van der Waals surface area (Å²) >= 11 is 0. The van der Waals surface area contributed by atoms with E-state index in [1.54, 1.807) is 0 Å². The highest BCUT2D eigenvalue weighted by Crippen LogP contribution is 2.43. The zero-order chi connectivity index (χ0) is 11.8. The van der Waals surface area contributed by atoms with Crippen molar-refractivity contribution in [2.24, 2.45) is 5.41 Å². The summed E-state index contributed by atoms with van der Waals surface area (Å²) in [6, 6.07) is 2.01. The van der Waals surface area contributed by atoms with Crippen LogP contribution in [0.15, 0.2) is 6.07 Å². The van der Waals surface area contributed by atoms with E-state index in [0.717, 1.165) is 37.2 Å². The number of carbonyl (C=O) groups is 1. The van der Waals surface area contributed by atoms with Crippen LogP contribution in [0, 0.1) is 12.3 Å². The average molecular weight is 222 g/mol. The summed E-state index contributed by atoms with van der Waals surface area (Å²) in [5.74, 6) is -0.653. The normalized spacial score (nSPS) is 18.1. The van der Waals surface area contributed by atoms with Crippen LogP contribution in [-0.2, 0) is 17.8 Å². The highest BCUT2D eigenvalue weighted by molar-refractivity contribution is 5.76. The van der Waals surface area contributed by atoms with E-state index < -0.39 is 11.4 Å². The average Bonchev–Trinajstić information content (AvgIpc) is 2.51. The fraction of sp³-hybridized carbons (Fsp3) is 0.667. The van der Waals surface area contributed by atoms with E-state index in [-0.39, 0.29) is 0 Å². The van der Waals surface area contributed by atoms with Crippen LogP contribution in [0.25, 0.3) is 0 Å². The van der Waals surface area contributed by atoms with Gasteiger partial charge in [0.05, 0.1) is 11.1 Å². The maximum Gasteiger partial charge on any atom is 0.310 e. The third-order valence-corrected chi connectivity index (χ3v) is 3.57. The van der Waals surface area contributed by atoms with E-state index in [0.29, 0.717) is 6.42 Å². The molecule has 1 aliphatic rings. The van der Waals surface area contributed by atoms with Crippen molar-refractivity contribution >= 4 is 5.97 Å². The van der Waals surface area contributed by atoms with Crippen LogP contribution < -0.4 is 0 Å². The van der Waals surface area contributed by atoms with Gasteiger partial charge in [-0.2, -0.15) is 5.10 Å². The Balaban J connectivity index is 2.22. The van der Waals surface area contributed by atoms with Crippen LogP contribution in [-0.4, -0.2) is 20.9 Å². The number of hydrogen-bond donors (Lipinski definition) is 1. The molecule has 1 fully saturated rings. The number of rotatable bonds is 4. The predicted octanol–water partition coefficient (Wildman–Crippen LogP) is 2.01. The molecule has 1 heterocycles. The van der Waals surface area contributed by atoms with Crippen LogP contribution in [0.4, 0.5) is 0 Å². The Morgan fingerprint density at radius 1 is 1.62 bits per heavy atom. The second-order valence-corrected chi connectivity index (χ2v) is 4.71. The molecule has 88 valence electrons. The second kappa shape index (κ2) is 3.92. The zero-order valence-electron chi connectivity index (χ0n) is 9.86. The lowest BCUT2D eigenvalue weighted by Crippen LogP contribution is -2.40. The number of carboxylic acids is 1. The van der Waals surface area contributed by atoms with Gasteiger partial charge in [0, 0.05) is 18.7 Å². The highest BCUT2D eigenvalue weighted by atomic mass is 16.4. The van der Waals surface area contributed by atoms with E-state index in [4.69, 9.17) is 0 Å². The summed E-state index contributed by atoms with van der Waals surface area (Å²) in [5, 5.41) is 13.6. The first kappa shape index (κ1) is 11.2. The lowest BCUT2D eigenvalue weighted by molar-refractivity contribution is -0.154. The smallest absolute Gasteiger partial charge is 0.310 e. The number of hydrogen-bond acceptors (Lipinski definition) is 2. The van der Waals surface area contributed by atoms with Crippen LogP contribution in [0.5, 0.6) is 0 Å². The van der Waals surface area contributed by atoms with Crippen molar-refractivity contribution in [1.82, 2.24) is 9.78 Å². The standard InChI is InChI=1S/C12H18N2O2/c1-3-14-10(7-9(2)13-14)8-12(11(15)16)5-4-6-12/h7H,3-6,8H2,1-2H3,(H,15,16). The van der Waals surface area contributed by atoms with Crippen LogP contribution in [0.2, 0.25) is 0 Å². The molecule has 0 unspecified atom stereocenters. The molecule has 4 nitrogen and oxygen atoms in total. The largest absolute Gasteiger partial charge is 0.481 e. The number of aryl methyl sites for hydroxylation is 2. The minimum Gasteiger partial charge on any atom is -0.481 e. The van der Waals surface area contributed by atoms with Gasteiger partial charge in [0.25, 0.3) is 0 Å². The minimum absolute atomic E-state index is 0.514. The van der Waals surface area contributed by atoms with Crippen LogP contribution in [0.3, 0.4) is 0 Å². The van der Waals surface area contributed by atoms with Gasteiger partial charge < -0.3 is 5.11 Å². The lowest BCUT2D eigenvalue weighted by Gasteiger charge is -2.37. The zero-order valence-corrected chi connectivity index (χ0v) is 9.86. The molecule has 1 aromatic heterocycles. The van der Waals surface area contributed by atoms with E-state index in [9.17, 15) is 9.90 Å². The summed E-state index contributed by atoms with van der Waals surface area (Å²) in [6.45, 7) is 4.78. The van der Waals surface area contributed by atoms with E-state index in [1.165, 1.54) is 0 Å². The van der Waals surface area contributed by atoms with Gasteiger partial charge in [0.15, 0.2) is 0 Å². The molecular formula is C12H18N2O2. The molecule has 0 saturated heterocycles. The van der Waals surface area contributed by atoms with Gasteiger partial charge in [0.1, 0.15) is 0 Å². The van der Waals surface area contributed by atoms with E-state index in [1.807, 2.05) is 24.6 Å². The molecule has 1 aliphatic carbocycles. The molecule has 0 spiro atoms. The minimum atomic E-state index is -0.653. The summed E-state index contributed by atoms with van der Waals surface area (Å²) in [7, 11) is 0. The van der Waals surface area contributed by atoms with Crippen molar-refractivity contribution < 1.29 is 9.90 Å². The van der Waals surface area contributed by atoms with Gasteiger partial charge in [-0.05, 0) is 32.8 Å². The summed E-state index contributed by atoms with van der Waals surface area (Å²) in [5.41, 5.74) is 1.51. The Kier molecular flexibility index (Phi) is 2.74.